The zero-order valence-electron chi connectivity index (χ0n) is 19.7. The molecule has 10 heteroatoms. The predicted molar refractivity (Wildman–Crippen MR) is 131 cm³/mol. The minimum Gasteiger partial charge on any atom is -0.485 e. The van der Waals surface area contributed by atoms with Crippen LogP contribution in [0.5, 0.6) is 5.75 Å². The van der Waals surface area contributed by atoms with Crippen LogP contribution in [-0.4, -0.2) is 31.6 Å². The van der Waals surface area contributed by atoms with Gasteiger partial charge >= 0.3 is 0 Å². The largest absolute Gasteiger partial charge is 0.485 e. The van der Waals surface area contributed by atoms with Gasteiger partial charge in [0.05, 0.1) is 23.6 Å². The third-order valence-corrected chi connectivity index (χ3v) is 7.21. The topological polar surface area (TPSA) is 111 Å². The number of primary amides is 1. The van der Waals surface area contributed by atoms with E-state index in [1.165, 1.54) is 18.2 Å². The molecular formula is C26H27F2N3O4S. The second-order valence-electron chi connectivity index (χ2n) is 9.20. The van der Waals surface area contributed by atoms with Crippen LogP contribution in [0, 0.1) is 17.0 Å². The van der Waals surface area contributed by atoms with E-state index in [0.717, 1.165) is 18.0 Å². The van der Waals surface area contributed by atoms with Gasteiger partial charge in [0.1, 0.15) is 12.4 Å². The maximum atomic E-state index is 14.9. The molecule has 1 aliphatic rings. The summed E-state index contributed by atoms with van der Waals surface area (Å²) < 4.78 is 61.2. The molecule has 1 saturated carbocycles. The maximum Gasteiger partial charge on any atom is 0.224 e. The van der Waals surface area contributed by atoms with Crippen molar-refractivity contribution in [2.24, 2.45) is 11.1 Å². The van der Waals surface area contributed by atoms with Crippen LogP contribution in [-0.2, 0) is 27.8 Å². The molecule has 36 heavy (non-hydrogen) atoms. The first-order valence-electron chi connectivity index (χ1n) is 11.4. The number of sulfonamides is 1. The van der Waals surface area contributed by atoms with Gasteiger partial charge in [-0.15, -0.1) is 0 Å². The second-order valence-corrected chi connectivity index (χ2v) is 11.0. The van der Waals surface area contributed by atoms with Gasteiger partial charge in [0.15, 0.2) is 11.6 Å². The number of ether oxygens (including phenoxy) is 1. The summed E-state index contributed by atoms with van der Waals surface area (Å²) in [6.07, 6.45) is 2.88. The van der Waals surface area contributed by atoms with E-state index < -0.39 is 39.0 Å². The Morgan fingerprint density at radius 2 is 1.92 bits per heavy atom. The zero-order valence-corrected chi connectivity index (χ0v) is 20.5. The first-order chi connectivity index (χ1) is 17.1. The number of aromatic nitrogens is 1. The zero-order chi connectivity index (χ0) is 25.9. The molecule has 2 atom stereocenters. The van der Waals surface area contributed by atoms with E-state index in [9.17, 15) is 22.0 Å². The van der Waals surface area contributed by atoms with Crippen molar-refractivity contribution in [3.63, 3.8) is 0 Å². The average molecular weight is 516 g/mol. The Morgan fingerprint density at radius 3 is 2.61 bits per heavy atom. The molecule has 0 bridgehead atoms. The Balaban J connectivity index is 1.63. The molecule has 3 aromatic rings. The van der Waals surface area contributed by atoms with Gasteiger partial charge in [-0.1, -0.05) is 36.4 Å². The number of amides is 1. The van der Waals surface area contributed by atoms with Crippen molar-refractivity contribution in [1.82, 2.24) is 9.71 Å². The smallest absolute Gasteiger partial charge is 0.224 e. The number of carbonyl (C=O) groups excluding carboxylic acids is 1. The molecule has 190 valence electrons. The summed E-state index contributed by atoms with van der Waals surface area (Å²) in [5, 5.41) is 0. The minimum absolute atomic E-state index is 0.0192. The summed E-state index contributed by atoms with van der Waals surface area (Å²) in [5.74, 6) is -1.87. The predicted octanol–water partition coefficient (Wildman–Crippen LogP) is 3.72. The van der Waals surface area contributed by atoms with E-state index in [1.54, 1.807) is 6.07 Å². The number of hydrogen-bond acceptors (Lipinski definition) is 5. The highest BCUT2D eigenvalue weighted by molar-refractivity contribution is 7.88. The molecule has 1 heterocycles. The highest BCUT2D eigenvalue weighted by atomic mass is 32.2. The molecule has 0 spiro atoms. The summed E-state index contributed by atoms with van der Waals surface area (Å²) in [7, 11) is -3.48. The average Bonchev–Trinajstić information content (AvgIpc) is 3.22. The van der Waals surface area contributed by atoms with Crippen LogP contribution in [0.25, 0.3) is 11.3 Å². The summed E-state index contributed by atoms with van der Waals surface area (Å²) in [4.78, 5) is 16.6. The third-order valence-electron chi connectivity index (χ3n) is 6.44. The second kappa shape index (κ2) is 10.3. The van der Waals surface area contributed by atoms with Gasteiger partial charge in [-0.3, -0.25) is 9.78 Å². The number of benzene rings is 2. The van der Waals surface area contributed by atoms with Gasteiger partial charge in [0.25, 0.3) is 0 Å². The quantitative estimate of drug-likeness (QED) is 0.451. The van der Waals surface area contributed by atoms with Gasteiger partial charge in [0, 0.05) is 11.6 Å². The molecular weight excluding hydrogens is 488 g/mol. The lowest BCUT2D eigenvalue weighted by Crippen LogP contribution is -2.40. The molecule has 1 aliphatic carbocycles. The Kier molecular flexibility index (Phi) is 7.37. The lowest BCUT2D eigenvalue weighted by atomic mass is 9.79. The molecule has 0 saturated heterocycles. The Bertz CT molecular complexity index is 1370. The summed E-state index contributed by atoms with van der Waals surface area (Å²) in [6.45, 7) is 0.127. The monoisotopic (exact) mass is 515 g/mol. The fourth-order valence-electron chi connectivity index (χ4n) is 4.72. The van der Waals surface area contributed by atoms with Crippen LogP contribution in [0.3, 0.4) is 0 Å². The molecule has 2 aromatic carbocycles. The van der Waals surface area contributed by atoms with Crippen LogP contribution in [0.2, 0.25) is 0 Å². The number of nitrogens with zero attached hydrogens (tertiary/aromatic N) is 1. The lowest BCUT2D eigenvalue weighted by molar-refractivity contribution is -0.127. The fraction of sp³-hybridized carbons (Fsp3) is 0.308. The molecule has 4 rings (SSSR count). The first-order valence-corrected chi connectivity index (χ1v) is 13.3. The molecule has 0 unspecified atom stereocenters. The van der Waals surface area contributed by atoms with E-state index in [4.69, 9.17) is 10.5 Å². The van der Waals surface area contributed by atoms with Gasteiger partial charge in [0.2, 0.25) is 15.9 Å². The number of rotatable bonds is 9. The van der Waals surface area contributed by atoms with Crippen LogP contribution < -0.4 is 15.2 Å². The number of halogens is 2. The van der Waals surface area contributed by atoms with Crippen LogP contribution in [0.1, 0.15) is 30.4 Å². The van der Waals surface area contributed by atoms with Gasteiger partial charge in [-0.05, 0) is 55.0 Å². The van der Waals surface area contributed by atoms with Crippen molar-refractivity contribution in [2.75, 3.05) is 6.26 Å². The summed E-state index contributed by atoms with van der Waals surface area (Å²) in [6, 6.07) is 14.7. The lowest BCUT2D eigenvalue weighted by Gasteiger charge is -2.26. The summed E-state index contributed by atoms with van der Waals surface area (Å²) >= 11 is 0. The highest BCUT2D eigenvalue weighted by Crippen LogP contribution is 2.42. The maximum absolute atomic E-state index is 14.9. The van der Waals surface area contributed by atoms with E-state index in [2.05, 4.69) is 9.71 Å². The molecule has 7 nitrogen and oxygen atoms in total. The minimum atomic E-state index is -3.48. The standard InChI is InChI=1S/C26H27F2N3O4S/c1-36(33,34)31-19-10-11-26(14-19,25(29)32)13-18-12-23(30-15-22(18)28)20-8-5-9-21(27)24(20)35-16-17-6-3-2-4-7-17/h2-9,12,15,19,31H,10-11,13-14,16H2,1H3,(H2,29,32)/t19-,26+/m0/s1. The molecule has 1 amide bonds. The van der Waals surface area contributed by atoms with Crippen molar-refractivity contribution in [1.29, 1.82) is 0 Å². The number of nitrogens with two attached hydrogens (primary N) is 1. The molecule has 3 N–H and O–H groups in total. The van der Waals surface area contributed by atoms with E-state index in [0.29, 0.717) is 18.4 Å². The number of hydrogen-bond donors (Lipinski definition) is 2. The van der Waals surface area contributed by atoms with Crippen molar-refractivity contribution in [3.05, 3.63) is 83.6 Å². The molecule has 0 radical (unpaired) electrons. The fourth-order valence-corrected chi connectivity index (χ4v) is 5.52. The Labute approximate surface area is 208 Å². The number of pyridine rings is 1. The van der Waals surface area contributed by atoms with Crippen molar-refractivity contribution in [2.45, 2.75) is 38.3 Å². The number of para-hydroxylation sites is 1. The van der Waals surface area contributed by atoms with E-state index in [-0.39, 0.29) is 36.5 Å². The van der Waals surface area contributed by atoms with Crippen molar-refractivity contribution < 1.29 is 26.7 Å². The van der Waals surface area contributed by atoms with Crippen LogP contribution in [0.15, 0.2) is 60.8 Å². The van der Waals surface area contributed by atoms with Crippen molar-refractivity contribution >= 4 is 15.9 Å². The van der Waals surface area contributed by atoms with E-state index >= 15 is 0 Å². The Hall–Kier alpha value is -3.37. The van der Waals surface area contributed by atoms with Crippen LogP contribution >= 0.6 is 0 Å². The third kappa shape index (κ3) is 5.88. The van der Waals surface area contributed by atoms with Gasteiger partial charge < -0.3 is 10.5 Å². The molecule has 1 fully saturated rings. The van der Waals surface area contributed by atoms with Gasteiger partial charge in [-0.2, -0.15) is 0 Å². The normalized spacial score (nSPS) is 19.8. The van der Waals surface area contributed by atoms with Crippen molar-refractivity contribution in [3.8, 4) is 17.0 Å². The molecule has 1 aromatic heterocycles. The van der Waals surface area contributed by atoms with E-state index in [1.807, 2.05) is 30.3 Å². The SMILES string of the molecule is CS(=O)(=O)N[C@H]1CC[C@](Cc2cc(-c3cccc(F)c3OCc3ccccc3)ncc2F)(C(N)=O)C1. The molecule has 0 aliphatic heterocycles. The van der Waals surface area contributed by atoms with Crippen LogP contribution in [0.4, 0.5) is 8.78 Å². The van der Waals surface area contributed by atoms with Gasteiger partial charge in [-0.25, -0.2) is 21.9 Å². The first kappa shape index (κ1) is 25.7. The summed E-state index contributed by atoms with van der Waals surface area (Å²) in [5.41, 5.74) is 6.23. The number of nitrogens with one attached hydrogen (secondary N) is 1. The highest BCUT2D eigenvalue weighted by Gasteiger charge is 2.45. The number of carbonyl (C=O) groups is 1. The Morgan fingerprint density at radius 1 is 1.17 bits per heavy atom.